The van der Waals surface area contributed by atoms with Gasteiger partial charge in [0.1, 0.15) is 5.82 Å². The third kappa shape index (κ3) is 5.66. The number of aliphatic imine (C=N–C) groups is 1. The van der Waals surface area contributed by atoms with E-state index in [1.165, 1.54) is 12.1 Å². The van der Waals surface area contributed by atoms with Crippen LogP contribution in [0.25, 0.3) is 0 Å². The predicted octanol–water partition coefficient (Wildman–Crippen LogP) is 2.68. The number of guanidine groups is 1. The molecule has 2 N–H and O–H groups in total. The van der Waals surface area contributed by atoms with Crippen LogP contribution in [0, 0.1) is 5.82 Å². The van der Waals surface area contributed by atoms with E-state index in [0.717, 1.165) is 18.1 Å². The van der Waals surface area contributed by atoms with Crippen molar-refractivity contribution in [3.8, 4) is 0 Å². The summed E-state index contributed by atoms with van der Waals surface area (Å²) in [4.78, 5) is 4.44. The van der Waals surface area contributed by atoms with Crippen LogP contribution in [-0.2, 0) is 6.54 Å². The van der Waals surface area contributed by atoms with Crippen LogP contribution in [0.1, 0.15) is 33.3 Å². The summed E-state index contributed by atoms with van der Waals surface area (Å²) >= 11 is 0. The van der Waals surface area contributed by atoms with E-state index in [4.69, 9.17) is 0 Å². The fourth-order valence-corrected chi connectivity index (χ4v) is 1.47. The molecule has 0 aromatic heterocycles. The summed E-state index contributed by atoms with van der Waals surface area (Å²) in [5.41, 5.74) is 0.810. The van der Waals surface area contributed by atoms with Crippen LogP contribution in [-0.4, -0.2) is 18.0 Å². The Hall–Kier alpha value is -1.58. The monoisotopic (exact) mass is 251 g/mol. The van der Waals surface area contributed by atoms with E-state index in [2.05, 4.69) is 36.4 Å². The summed E-state index contributed by atoms with van der Waals surface area (Å²) in [5, 5.41) is 6.46. The second kappa shape index (κ2) is 6.38. The Labute approximate surface area is 109 Å². The lowest BCUT2D eigenvalue weighted by Crippen LogP contribution is -2.47. The highest BCUT2D eigenvalue weighted by molar-refractivity contribution is 5.80. The summed E-state index contributed by atoms with van der Waals surface area (Å²) in [6.07, 6.45) is 0. The second-order valence-electron chi connectivity index (χ2n) is 5.20. The van der Waals surface area contributed by atoms with Gasteiger partial charge in [-0.3, -0.25) is 0 Å². The Morgan fingerprint density at radius 1 is 1.33 bits per heavy atom. The Morgan fingerprint density at radius 2 is 2.06 bits per heavy atom. The zero-order valence-corrected chi connectivity index (χ0v) is 11.5. The summed E-state index contributed by atoms with van der Waals surface area (Å²) < 4.78 is 13.0. The first-order valence-electron chi connectivity index (χ1n) is 6.21. The highest BCUT2D eigenvalue weighted by Gasteiger charge is 2.11. The molecule has 18 heavy (non-hydrogen) atoms. The van der Waals surface area contributed by atoms with Gasteiger partial charge in [0, 0.05) is 12.1 Å². The molecule has 0 atom stereocenters. The molecule has 0 aliphatic carbocycles. The van der Waals surface area contributed by atoms with Gasteiger partial charge in [-0.1, -0.05) is 12.1 Å². The van der Waals surface area contributed by atoms with Crippen molar-refractivity contribution in [3.63, 3.8) is 0 Å². The molecule has 0 saturated carbocycles. The maximum Gasteiger partial charge on any atom is 0.191 e. The minimum atomic E-state index is -0.225. The lowest BCUT2D eigenvalue weighted by atomic mass is 10.1. The van der Waals surface area contributed by atoms with Gasteiger partial charge >= 0.3 is 0 Å². The number of halogens is 1. The van der Waals surface area contributed by atoms with Gasteiger partial charge in [0.2, 0.25) is 0 Å². The molecule has 0 radical (unpaired) electrons. The first-order valence-corrected chi connectivity index (χ1v) is 6.21. The SMILES string of the molecule is CCNC(=NCc1cccc(F)c1)NC(C)(C)C. The number of hydrogen-bond acceptors (Lipinski definition) is 1. The molecule has 0 heterocycles. The largest absolute Gasteiger partial charge is 0.357 e. The molecular formula is C14H22FN3. The minimum absolute atomic E-state index is 0.0526. The molecule has 3 nitrogen and oxygen atoms in total. The van der Waals surface area contributed by atoms with Gasteiger partial charge in [-0.2, -0.15) is 0 Å². The van der Waals surface area contributed by atoms with Gasteiger partial charge < -0.3 is 10.6 Å². The van der Waals surface area contributed by atoms with Crippen molar-refractivity contribution in [2.24, 2.45) is 4.99 Å². The molecule has 0 aliphatic rings. The average molecular weight is 251 g/mol. The molecule has 0 amide bonds. The molecule has 1 aromatic rings. The summed E-state index contributed by atoms with van der Waals surface area (Å²) in [7, 11) is 0. The van der Waals surface area contributed by atoms with Crippen LogP contribution >= 0.6 is 0 Å². The van der Waals surface area contributed by atoms with Gasteiger partial charge in [0.15, 0.2) is 5.96 Å². The summed E-state index contributed by atoms with van der Waals surface area (Å²) in [5.74, 6) is 0.519. The first-order chi connectivity index (χ1) is 8.40. The minimum Gasteiger partial charge on any atom is -0.357 e. The standard InChI is InChI=1S/C14H22FN3/c1-5-16-13(18-14(2,3)4)17-10-11-7-6-8-12(15)9-11/h6-9H,5,10H2,1-4H3,(H2,16,17,18). The van der Waals surface area contributed by atoms with Gasteiger partial charge in [0.05, 0.1) is 6.54 Å². The van der Waals surface area contributed by atoms with Crippen molar-refractivity contribution in [3.05, 3.63) is 35.6 Å². The van der Waals surface area contributed by atoms with Crippen molar-refractivity contribution in [2.75, 3.05) is 6.54 Å². The third-order valence-electron chi connectivity index (χ3n) is 2.15. The Morgan fingerprint density at radius 3 is 2.61 bits per heavy atom. The quantitative estimate of drug-likeness (QED) is 0.640. The van der Waals surface area contributed by atoms with Crippen molar-refractivity contribution < 1.29 is 4.39 Å². The first kappa shape index (κ1) is 14.5. The lowest BCUT2D eigenvalue weighted by Gasteiger charge is -2.23. The lowest BCUT2D eigenvalue weighted by molar-refractivity contribution is 0.501. The van der Waals surface area contributed by atoms with Crippen LogP contribution in [0.5, 0.6) is 0 Å². The molecule has 1 aromatic carbocycles. The molecule has 0 unspecified atom stereocenters. The maximum atomic E-state index is 13.0. The third-order valence-corrected chi connectivity index (χ3v) is 2.15. The van der Waals surface area contributed by atoms with E-state index in [-0.39, 0.29) is 11.4 Å². The molecule has 0 aliphatic heterocycles. The number of rotatable bonds is 3. The predicted molar refractivity (Wildman–Crippen MR) is 74.1 cm³/mol. The molecule has 0 fully saturated rings. The van der Waals surface area contributed by atoms with Crippen LogP contribution in [0.4, 0.5) is 4.39 Å². The van der Waals surface area contributed by atoms with Gasteiger partial charge in [-0.05, 0) is 45.4 Å². The fraction of sp³-hybridized carbons (Fsp3) is 0.500. The zero-order valence-electron chi connectivity index (χ0n) is 11.5. The highest BCUT2D eigenvalue weighted by atomic mass is 19.1. The number of hydrogen-bond donors (Lipinski definition) is 2. The Kier molecular flexibility index (Phi) is 5.13. The molecule has 4 heteroatoms. The van der Waals surface area contributed by atoms with Gasteiger partial charge in [-0.15, -0.1) is 0 Å². The number of nitrogens with one attached hydrogen (secondary N) is 2. The van der Waals surface area contributed by atoms with E-state index in [1.807, 2.05) is 13.0 Å². The fourth-order valence-electron chi connectivity index (χ4n) is 1.47. The molecular weight excluding hydrogens is 229 g/mol. The molecule has 0 spiro atoms. The van der Waals surface area contributed by atoms with Crippen LogP contribution < -0.4 is 10.6 Å². The molecule has 100 valence electrons. The van der Waals surface area contributed by atoms with Crippen molar-refractivity contribution in [1.82, 2.24) is 10.6 Å². The normalized spacial score (nSPS) is 12.4. The molecule has 0 saturated heterocycles. The smallest absolute Gasteiger partial charge is 0.191 e. The van der Waals surface area contributed by atoms with Crippen LogP contribution in [0.15, 0.2) is 29.3 Å². The zero-order chi connectivity index (χ0) is 13.6. The van der Waals surface area contributed by atoms with Crippen molar-refractivity contribution in [2.45, 2.75) is 39.8 Å². The van der Waals surface area contributed by atoms with Crippen molar-refractivity contribution in [1.29, 1.82) is 0 Å². The van der Waals surface area contributed by atoms with Gasteiger partial charge in [0.25, 0.3) is 0 Å². The van der Waals surface area contributed by atoms with E-state index < -0.39 is 0 Å². The molecule has 0 bridgehead atoms. The van der Waals surface area contributed by atoms with E-state index in [0.29, 0.717) is 6.54 Å². The van der Waals surface area contributed by atoms with Crippen molar-refractivity contribution >= 4 is 5.96 Å². The summed E-state index contributed by atoms with van der Waals surface area (Å²) in [6, 6.07) is 6.51. The van der Waals surface area contributed by atoms with Crippen LogP contribution in [0.3, 0.4) is 0 Å². The Bertz CT molecular complexity index is 408. The van der Waals surface area contributed by atoms with Gasteiger partial charge in [-0.25, -0.2) is 9.38 Å². The Balaban J connectivity index is 2.71. The second-order valence-corrected chi connectivity index (χ2v) is 5.20. The number of nitrogens with zero attached hydrogens (tertiary/aromatic N) is 1. The maximum absolute atomic E-state index is 13.0. The average Bonchev–Trinajstić information content (AvgIpc) is 2.24. The van der Waals surface area contributed by atoms with E-state index in [1.54, 1.807) is 6.07 Å². The topological polar surface area (TPSA) is 36.4 Å². The number of benzene rings is 1. The van der Waals surface area contributed by atoms with Crippen LogP contribution in [0.2, 0.25) is 0 Å². The molecule has 1 rings (SSSR count). The van der Waals surface area contributed by atoms with E-state index >= 15 is 0 Å². The summed E-state index contributed by atoms with van der Waals surface area (Å²) in [6.45, 7) is 9.49. The highest BCUT2D eigenvalue weighted by Crippen LogP contribution is 2.05. The van der Waals surface area contributed by atoms with E-state index in [9.17, 15) is 4.39 Å².